The highest BCUT2D eigenvalue weighted by atomic mass is 32.2. The van der Waals surface area contributed by atoms with Crippen molar-refractivity contribution in [1.29, 1.82) is 0 Å². The number of hydrogen-bond acceptors (Lipinski definition) is 6. The number of thioether (sulfide) groups is 1. The van der Waals surface area contributed by atoms with E-state index < -0.39 is 0 Å². The number of hydrogen-bond donors (Lipinski definition) is 0. The van der Waals surface area contributed by atoms with E-state index in [-0.39, 0.29) is 23.9 Å². The fraction of sp³-hybridized carbons (Fsp3) is 0.440. The summed E-state index contributed by atoms with van der Waals surface area (Å²) in [6, 6.07) is 5.91. The van der Waals surface area contributed by atoms with Crippen LogP contribution >= 0.6 is 23.1 Å². The Labute approximate surface area is 197 Å². The van der Waals surface area contributed by atoms with Crippen molar-refractivity contribution in [2.24, 2.45) is 13.0 Å². The van der Waals surface area contributed by atoms with Crippen LogP contribution in [0.2, 0.25) is 0 Å². The van der Waals surface area contributed by atoms with Crippen LogP contribution in [-0.2, 0) is 31.1 Å². The molecular formula is C25H29N3O2S2. The molecule has 0 atom stereocenters. The van der Waals surface area contributed by atoms with Gasteiger partial charge in [-0.15, -0.1) is 11.3 Å². The number of nitrogens with zero attached hydrogens (tertiary/aromatic N) is 3. The Kier molecular flexibility index (Phi) is 7.58. The molecule has 2 aromatic heterocycles. The summed E-state index contributed by atoms with van der Waals surface area (Å²) in [6.45, 7) is 2.00. The molecule has 0 unspecified atom stereocenters. The van der Waals surface area contributed by atoms with E-state index in [4.69, 9.17) is 0 Å². The maximum atomic E-state index is 13.0. The number of thiazole rings is 1. The zero-order valence-corrected chi connectivity index (χ0v) is 20.3. The van der Waals surface area contributed by atoms with Crippen LogP contribution in [0.3, 0.4) is 0 Å². The van der Waals surface area contributed by atoms with E-state index in [2.05, 4.69) is 9.97 Å². The minimum Gasteiger partial charge on any atom is -0.329 e. The molecule has 1 aromatic carbocycles. The van der Waals surface area contributed by atoms with Crippen molar-refractivity contribution in [3.8, 4) is 0 Å². The summed E-state index contributed by atoms with van der Waals surface area (Å²) >= 11 is 3.25. The van der Waals surface area contributed by atoms with E-state index in [9.17, 15) is 9.59 Å². The van der Waals surface area contributed by atoms with Crippen molar-refractivity contribution < 1.29 is 9.59 Å². The van der Waals surface area contributed by atoms with Gasteiger partial charge in [0.05, 0.1) is 12.1 Å². The Morgan fingerprint density at radius 3 is 2.78 bits per heavy atom. The second-order valence-electron chi connectivity index (χ2n) is 8.55. The van der Waals surface area contributed by atoms with Crippen LogP contribution in [0.25, 0.3) is 0 Å². The fourth-order valence-electron chi connectivity index (χ4n) is 4.21. The van der Waals surface area contributed by atoms with Gasteiger partial charge in [0.25, 0.3) is 0 Å². The lowest BCUT2D eigenvalue weighted by Gasteiger charge is -2.13. The minimum absolute atomic E-state index is 0.109. The third kappa shape index (κ3) is 5.75. The Morgan fingerprint density at radius 1 is 1.22 bits per heavy atom. The Morgan fingerprint density at radius 2 is 2.03 bits per heavy atom. The Balaban J connectivity index is 1.34. The second kappa shape index (κ2) is 10.6. The minimum atomic E-state index is 0.109. The molecule has 0 N–H and O–H groups in total. The molecule has 2 heterocycles. The quantitative estimate of drug-likeness (QED) is 0.301. The first-order valence-electron chi connectivity index (χ1n) is 11.2. The van der Waals surface area contributed by atoms with Crippen LogP contribution in [0, 0.1) is 12.8 Å². The maximum absolute atomic E-state index is 13.0. The number of rotatable bonds is 10. The SMILES string of the molecule is Cc1ccc(CC(=O)Cc2nc(CCSc3nccn3C)cs2)c(C(=O)C2CCCC2)c1. The predicted octanol–water partition coefficient (Wildman–Crippen LogP) is 5.25. The summed E-state index contributed by atoms with van der Waals surface area (Å²) in [5.74, 6) is 1.35. The third-order valence-electron chi connectivity index (χ3n) is 5.96. The van der Waals surface area contributed by atoms with Crippen molar-refractivity contribution >= 4 is 34.7 Å². The van der Waals surface area contributed by atoms with E-state index in [0.717, 1.165) is 70.4 Å². The number of carbonyl (C=O) groups excluding carboxylic acids is 2. The van der Waals surface area contributed by atoms with Crippen molar-refractivity contribution in [3.05, 3.63) is 63.4 Å². The van der Waals surface area contributed by atoms with Crippen LogP contribution in [0.15, 0.2) is 41.1 Å². The van der Waals surface area contributed by atoms with Gasteiger partial charge >= 0.3 is 0 Å². The Hall–Kier alpha value is -2.25. The normalized spacial score (nSPS) is 14.2. The molecule has 1 aliphatic rings. The highest BCUT2D eigenvalue weighted by molar-refractivity contribution is 7.99. The summed E-state index contributed by atoms with van der Waals surface area (Å²) in [7, 11) is 1.99. The van der Waals surface area contributed by atoms with Gasteiger partial charge in [0.1, 0.15) is 10.8 Å². The molecule has 1 saturated carbocycles. The molecule has 0 radical (unpaired) electrons. The third-order valence-corrected chi connectivity index (χ3v) is 7.92. The molecule has 168 valence electrons. The summed E-state index contributed by atoms with van der Waals surface area (Å²) in [4.78, 5) is 34.8. The van der Waals surface area contributed by atoms with Gasteiger partial charge in [0.2, 0.25) is 0 Å². The smallest absolute Gasteiger partial charge is 0.167 e. The summed E-state index contributed by atoms with van der Waals surface area (Å²) in [5.41, 5.74) is 3.69. The summed E-state index contributed by atoms with van der Waals surface area (Å²) < 4.78 is 2.01. The first-order chi connectivity index (χ1) is 15.5. The molecule has 5 nitrogen and oxygen atoms in total. The van der Waals surface area contributed by atoms with Crippen molar-refractivity contribution in [2.45, 2.75) is 57.0 Å². The van der Waals surface area contributed by atoms with Crippen LogP contribution in [0.1, 0.15) is 57.9 Å². The lowest BCUT2D eigenvalue weighted by molar-refractivity contribution is -0.117. The topological polar surface area (TPSA) is 64.8 Å². The predicted molar refractivity (Wildman–Crippen MR) is 130 cm³/mol. The number of ketones is 2. The maximum Gasteiger partial charge on any atom is 0.167 e. The van der Waals surface area contributed by atoms with Crippen molar-refractivity contribution in [2.75, 3.05) is 5.75 Å². The first kappa shape index (κ1) is 22.9. The molecule has 0 bridgehead atoms. The second-order valence-corrected chi connectivity index (χ2v) is 10.6. The zero-order valence-electron chi connectivity index (χ0n) is 18.7. The van der Waals surface area contributed by atoms with Crippen molar-refractivity contribution in [3.63, 3.8) is 0 Å². The number of Topliss-reactive ketones (excluding diaryl/α,β-unsaturated/α-hetero) is 2. The number of aromatic nitrogens is 3. The largest absolute Gasteiger partial charge is 0.329 e. The number of imidazole rings is 1. The summed E-state index contributed by atoms with van der Waals surface area (Å²) in [5, 5.41) is 3.89. The summed E-state index contributed by atoms with van der Waals surface area (Å²) in [6.07, 6.45) is 9.40. The van der Waals surface area contributed by atoms with Crippen LogP contribution in [-0.4, -0.2) is 31.9 Å². The van der Waals surface area contributed by atoms with Gasteiger partial charge in [-0.25, -0.2) is 9.97 Å². The first-order valence-corrected chi connectivity index (χ1v) is 13.0. The average molecular weight is 468 g/mol. The van der Waals surface area contributed by atoms with Crippen LogP contribution < -0.4 is 0 Å². The molecule has 0 aliphatic heterocycles. The highest BCUT2D eigenvalue weighted by Gasteiger charge is 2.26. The molecule has 0 amide bonds. The van der Waals surface area contributed by atoms with Gasteiger partial charge in [-0.05, 0) is 31.4 Å². The van der Waals surface area contributed by atoms with E-state index in [1.54, 1.807) is 29.3 Å². The highest BCUT2D eigenvalue weighted by Crippen LogP contribution is 2.30. The molecule has 32 heavy (non-hydrogen) atoms. The Bertz CT molecular complexity index is 1100. The van der Waals surface area contributed by atoms with Gasteiger partial charge in [0.15, 0.2) is 10.9 Å². The lowest BCUT2D eigenvalue weighted by Crippen LogP contribution is -2.16. The van der Waals surface area contributed by atoms with Gasteiger partial charge in [0, 0.05) is 54.9 Å². The lowest BCUT2D eigenvalue weighted by atomic mass is 9.90. The van der Waals surface area contributed by atoms with Crippen molar-refractivity contribution in [1.82, 2.24) is 14.5 Å². The molecule has 3 aromatic rings. The fourth-order valence-corrected chi connectivity index (χ4v) is 5.96. The van der Waals surface area contributed by atoms with Gasteiger partial charge in [-0.2, -0.15) is 0 Å². The number of carbonyl (C=O) groups is 2. The monoisotopic (exact) mass is 467 g/mol. The van der Waals surface area contributed by atoms with E-state index in [1.807, 2.05) is 48.3 Å². The number of aryl methyl sites for hydroxylation is 3. The zero-order chi connectivity index (χ0) is 22.5. The molecule has 4 rings (SSSR count). The van der Waals surface area contributed by atoms with Gasteiger partial charge in [-0.1, -0.05) is 42.3 Å². The standard InChI is InChI=1S/C25H29N3O2S2/c1-17-7-8-19(22(13-17)24(30)18-5-3-4-6-18)14-21(29)15-23-27-20(16-32-23)9-12-31-25-26-10-11-28(25)2/h7-8,10-11,13,16,18H,3-6,9,12,14-15H2,1-2H3. The molecule has 7 heteroatoms. The van der Waals surface area contributed by atoms with Crippen LogP contribution in [0.4, 0.5) is 0 Å². The van der Waals surface area contributed by atoms with Gasteiger partial charge < -0.3 is 4.57 Å². The number of benzene rings is 1. The van der Waals surface area contributed by atoms with Gasteiger partial charge in [-0.3, -0.25) is 9.59 Å². The average Bonchev–Trinajstić information content (AvgIpc) is 3.52. The van der Waals surface area contributed by atoms with E-state index in [0.29, 0.717) is 6.42 Å². The van der Waals surface area contributed by atoms with E-state index in [1.165, 1.54) is 0 Å². The molecule has 0 spiro atoms. The van der Waals surface area contributed by atoms with Crippen LogP contribution in [0.5, 0.6) is 0 Å². The molecule has 1 aliphatic carbocycles. The molecular weight excluding hydrogens is 438 g/mol. The molecule has 0 saturated heterocycles. The molecule has 1 fully saturated rings. The van der Waals surface area contributed by atoms with E-state index >= 15 is 0 Å².